The van der Waals surface area contributed by atoms with Gasteiger partial charge in [0.05, 0.1) is 24.4 Å². The van der Waals surface area contributed by atoms with Gasteiger partial charge < -0.3 is 10.5 Å². The van der Waals surface area contributed by atoms with E-state index < -0.39 is 11.7 Å². The third kappa shape index (κ3) is 3.18. The van der Waals surface area contributed by atoms with Gasteiger partial charge in [0.1, 0.15) is 6.54 Å². The molecule has 2 aromatic rings. The zero-order valence-corrected chi connectivity index (χ0v) is 14.4. The van der Waals surface area contributed by atoms with Crippen LogP contribution in [0.2, 0.25) is 0 Å². The van der Waals surface area contributed by atoms with Gasteiger partial charge in [-0.05, 0) is 36.8 Å². The molecule has 2 amide bonds. The van der Waals surface area contributed by atoms with Crippen molar-refractivity contribution in [1.82, 2.24) is 10.5 Å². The molecule has 1 unspecified atom stereocenters. The summed E-state index contributed by atoms with van der Waals surface area (Å²) in [5, 5.41) is 2.84. The number of methoxy groups -OCH3 is 1. The number of nitrogens with one attached hydrogen (secondary N) is 1. The number of anilines is 1. The highest BCUT2D eigenvalue weighted by Crippen LogP contribution is 2.33. The van der Waals surface area contributed by atoms with Crippen LogP contribution in [0.25, 0.3) is 0 Å². The quantitative estimate of drug-likeness (QED) is 0.850. The van der Waals surface area contributed by atoms with Gasteiger partial charge in [-0.15, -0.1) is 5.53 Å². The molecule has 3 N–H and O–H groups in total. The molecule has 0 aromatic heterocycles. The zero-order valence-electron chi connectivity index (χ0n) is 14.4. The third-order valence-electron chi connectivity index (χ3n) is 4.23. The molecule has 2 aromatic carbocycles. The summed E-state index contributed by atoms with van der Waals surface area (Å²) in [6.07, 6.45) is 0. The first-order chi connectivity index (χ1) is 12.4. The Hall–Kier alpha value is -3.13. The van der Waals surface area contributed by atoms with Crippen molar-refractivity contribution in [3.8, 4) is 5.75 Å². The number of halogens is 1. The van der Waals surface area contributed by atoms with E-state index in [0.29, 0.717) is 16.8 Å². The Bertz CT molecular complexity index is 858. The van der Waals surface area contributed by atoms with Crippen LogP contribution >= 0.6 is 0 Å². The van der Waals surface area contributed by atoms with E-state index in [1.54, 1.807) is 41.4 Å². The Balaban J connectivity index is 1.99. The van der Waals surface area contributed by atoms with Gasteiger partial charge in [0.15, 0.2) is 11.6 Å². The van der Waals surface area contributed by atoms with Crippen molar-refractivity contribution in [3.05, 3.63) is 59.4 Å². The SMILES string of the molecule is COc1ccc(C(C)N2NN(CC(N)=O)C(=O)c3ccccc32)cc1F. The summed E-state index contributed by atoms with van der Waals surface area (Å²) < 4.78 is 19.0. The molecule has 1 heterocycles. The van der Waals surface area contributed by atoms with Crippen LogP contribution in [0.15, 0.2) is 42.5 Å². The highest BCUT2D eigenvalue weighted by atomic mass is 19.1. The second kappa shape index (κ2) is 7.01. The van der Waals surface area contributed by atoms with Crippen LogP contribution in [0.3, 0.4) is 0 Å². The topological polar surface area (TPSA) is 87.9 Å². The fourth-order valence-corrected chi connectivity index (χ4v) is 2.89. The maximum atomic E-state index is 14.1. The molecule has 3 rings (SSSR count). The summed E-state index contributed by atoms with van der Waals surface area (Å²) in [4.78, 5) is 23.8. The van der Waals surface area contributed by atoms with Crippen molar-refractivity contribution in [3.63, 3.8) is 0 Å². The lowest BCUT2D eigenvalue weighted by Gasteiger charge is -2.41. The summed E-state index contributed by atoms with van der Waals surface area (Å²) in [5.41, 5.74) is 9.85. The number of hydrogen-bond donors (Lipinski definition) is 2. The molecule has 0 aliphatic carbocycles. The van der Waals surface area contributed by atoms with Gasteiger partial charge in [-0.3, -0.25) is 14.6 Å². The van der Waals surface area contributed by atoms with Gasteiger partial charge in [-0.2, -0.15) is 0 Å². The number of benzene rings is 2. The van der Waals surface area contributed by atoms with Gasteiger partial charge in [0.25, 0.3) is 5.91 Å². The lowest BCUT2D eigenvalue weighted by Crippen LogP contribution is -2.59. The number of carbonyl (C=O) groups excluding carboxylic acids is 2. The van der Waals surface area contributed by atoms with Crippen LogP contribution in [0.1, 0.15) is 28.9 Å². The van der Waals surface area contributed by atoms with E-state index in [1.807, 2.05) is 6.92 Å². The van der Waals surface area contributed by atoms with Crippen LogP contribution in [0.5, 0.6) is 5.75 Å². The molecule has 0 saturated heterocycles. The minimum Gasteiger partial charge on any atom is -0.494 e. The lowest BCUT2D eigenvalue weighted by molar-refractivity contribution is -0.119. The number of nitrogens with two attached hydrogens (primary N) is 1. The van der Waals surface area contributed by atoms with Gasteiger partial charge in [-0.25, -0.2) is 9.40 Å². The summed E-state index contributed by atoms with van der Waals surface area (Å²) >= 11 is 0. The molecule has 0 spiro atoms. The van der Waals surface area contributed by atoms with Crippen molar-refractivity contribution < 1.29 is 18.7 Å². The predicted molar refractivity (Wildman–Crippen MR) is 93.7 cm³/mol. The van der Waals surface area contributed by atoms with Gasteiger partial charge >= 0.3 is 0 Å². The second-order valence-corrected chi connectivity index (χ2v) is 5.91. The van der Waals surface area contributed by atoms with Gasteiger partial charge in [0, 0.05) is 0 Å². The molecule has 136 valence electrons. The van der Waals surface area contributed by atoms with E-state index in [9.17, 15) is 14.0 Å². The fraction of sp³-hybridized carbons (Fsp3) is 0.222. The van der Waals surface area contributed by atoms with Crippen molar-refractivity contribution in [2.75, 3.05) is 18.7 Å². The summed E-state index contributed by atoms with van der Waals surface area (Å²) in [6.45, 7) is 1.57. The molecular formula is C18H19FN4O3. The van der Waals surface area contributed by atoms with Crippen LogP contribution in [0, 0.1) is 5.82 Å². The van der Waals surface area contributed by atoms with E-state index in [-0.39, 0.29) is 24.2 Å². The van der Waals surface area contributed by atoms with Crippen LogP contribution in [0.4, 0.5) is 10.1 Å². The smallest absolute Gasteiger partial charge is 0.272 e. The molecule has 7 nitrogen and oxygen atoms in total. The van der Waals surface area contributed by atoms with Crippen molar-refractivity contribution in [2.24, 2.45) is 5.73 Å². The number of nitrogens with zero attached hydrogens (tertiary/aromatic N) is 2. The number of ether oxygens (including phenoxy) is 1. The molecule has 26 heavy (non-hydrogen) atoms. The fourth-order valence-electron chi connectivity index (χ4n) is 2.89. The maximum absolute atomic E-state index is 14.1. The highest BCUT2D eigenvalue weighted by molar-refractivity contribution is 6.02. The summed E-state index contributed by atoms with van der Waals surface area (Å²) in [7, 11) is 1.40. The first-order valence-corrected chi connectivity index (χ1v) is 8.00. The maximum Gasteiger partial charge on any atom is 0.272 e. The molecule has 1 aliphatic rings. The second-order valence-electron chi connectivity index (χ2n) is 5.91. The number of primary amides is 1. The molecule has 0 bridgehead atoms. The molecular weight excluding hydrogens is 339 g/mol. The Kier molecular flexibility index (Phi) is 4.77. The first kappa shape index (κ1) is 17.7. The number of fused-ring (bicyclic) bond motifs is 1. The number of carbonyl (C=O) groups is 2. The Morgan fingerprint density at radius 2 is 2.04 bits per heavy atom. The summed E-state index contributed by atoms with van der Waals surface area (Å²) in [6, 6.07) is 11.3. The molecule has 1 aliphatic heterocycles. The van der Waals surface area contributed by atoms with Gasteiger partial charge in [0.2, 0.25) is 5.91 Å². The van der Waals surface area contributed by atoms with Crippen LogP contribution < -0.4 is 21.0 Å². The average molecular weight is 358 g/mol. The molecule has 8 heteroatoms. The van der Waals surface area contributed by atoms with E-state index in [4.69, 9.17) is 10.5 Å². The number of rotatable bonds is 5. The number of para-hydroxylation sites is 1. The van der Waals surface area contributed by atoms with Crippen LogP contribution in [-0.4, -0.2) is 30.5 Å². The highest BCUT2D eigenvalue weighted by Gasteiger charge is 2.32. The zero-order chi connectivity index (χ0) is 18.8. The Labute approximate surface area is 150 Å². The predicted octanol–water partition coefficient (Wildman–Crippen LogP) is 1.76. The normalized spacial score (nSPS) is 14.8. The average Bonchev–Trinajstić information content (AvgIpc) is 2.63. The third-order valence-corrected chi connectivity index (χ3v) is 4.23. The molecule has 1 atom stereocenters. The number of amides is 2. The Morgan fingerprint density at radius 1 is 1.31 bits per heavy atom. The lowest BCUT2D eigenvalue weighted by atomic mass is 10.0. The van der Waals surface area contributed by atoms with Crippen LogP contribution in [-0.2, 0) is 4.79 Å². The standard InChI is InChI=1S/C18H19FN4O3/c1-11(12-7-8-16(26-2)14(19)9-12)23-15-6-4-3-5-13(15)18(25)22(21-23)10-17(20)24/h3-9,11,21H,10H2,1-2H3,(H2,20,24). The minimum absolute atomic E-state index is 0.151. The van der Waals surface area contributed by atoms with Crippen molar-refractivity contribution in [1.29, 1.82) is 0 Å². The van der Waals surface area contributed by atoms with E-state index in [0.717, 1.165) is 5.01 Å². The van der Waals surface area contributed by atoms with Crippen molar-refractivity contribution >= 4 is 17.5 Å². The Morgan fingerprint density at radius 3 is 2.69 bits per heavy atom. The number of hydrogen-bond acceptors (Lipinski definition) is 5. The summed E-state index contributed by atoms with van der Waals surface area (Å²) in [5.74, 6) is -1.33. The van der Waals surface area contributed by atoms with E-state index in [1.165, 1.54) is 13.2 Å². The minimum atomic E-state index is -0.645. The van der Waals surface area contributed by atoms with E-state index in [2.05, 4.69) is 5.53 Å². The van der Waals surface area contributed by atoms with Gasteiger partial charge in [-0.1, -0.05) is 18.2 Å². The first-order valence-electron chi connectivity index (χ1n) is 8.00. The van der Waals surface area contributed by atoms with Crippen molar-refractivity contribution in [2.45, 2.75) is 13.0 Å². The van der Waals surface area contributed by atoms with E-state index >= 15 is 0 Å². The molecule has 0 fully saturated rings. The number of hydrazine groups is 2. The molecule has 0 radical (unpaired) electrons. The monoisotopic (exact) mass is 358 g/mol. The largest absolute Gasteiger partial charge is 0.494 e. The molecule has 0 saturated carbocycles.